The zero-order valence-electron chi connectivity index (χ0n) is 13.4. The first kappa shape index (κ1) is 16.1. The summed E-state index contributed by atoms with van der Waals surface area (Å²) in [6, 6.07) is 15.3. The van der Waals surface area contributed by atoms with Crippen LogP contribution in [0.5, 0.6) is 11.5 Å². The van der Waals surface area contributed by atoms with Crippen LogP contribution in [0, 0.1) is 0 Å². The van der Waals surface area contributed by atoms with E-state index in [2.05, 4.69) is 4.99 Å². The number of benzene rings is 2. The van der Waals surface area contributed by atoms with Gasteiger partial charge in [0.25, 0.3) is 0 Å². The predicted molar refractivity (Wildman–Crippen MR) is 97.6 cm³/mol. The monoisotopic (exact) mass is 340 g/mol. The number of hydrogen-bond donors (Lipinski definition) is 0. The van der Waals surface area contributed by atoms with Gasteiger partial charge in [-0.05, 0) is 48.5 Å². The molecule has 1 heterocycles. The topological polar surface area (TPSA) is 35.8 Å². The van der Waals surface area contributed by atoms with Crippen molar-refractivity contribution in [2.45, 2.75) is 0 Å². The lowest BCUT2D eigenvalue weighted by atomic mass is 10.3. The lowest BCUT2D eigenvalue weighted by Gasteiger charge is -2.04. The molecule has 0 amide bonds. The van der Waals surface area contributed by atoms with Crippen molar-refractivity contribution in [3.05, 3.63) is 71.5 Å². The molecule has 0 aliphatic heterocycles. The van der Waals surface area contributed by atoms with Crippen molar-refractivity contribution in [2.75, 3.05) is 14.2 Å². The number of ether oxygens (including phenoxy) is 2. The first-order valence-electron chi connectivity index (χ1n) is 7.39. The van der Waals surface area contributed by atoms with Crippen molar-refractivity contribution in [3.8, 4) is 17.2 Å². The Hall–Kier alpha value is -2.72. The van der Waals surface area contributed by atoms with E-state index in [9.17, 15) is 0 Å². The quantitative estimate of drug-likeness (QED) is 0.619. The Morgan fingerprint density at radius 1 is 1.00 bits per heavy atom. The lowest BCUT2D eigenvalue weighted by Crippen LogP contribution is -1.90. The van der Waals surface area contributed by atoms with E-state index in [0.29, 0.717) is 10.8 Å². The van der Waals surface area contributed by atoms with E-state index in [1.54, 1.807) is 32.6 Å². The van der Waals surface area contributed by atoms with E-state index in [1.807, 2.05) is 53.4 Å². The molecule has 122 valence electrons. The van der Waals surface area contributed by atoms with Gasteiger partial charge in [-0.25, -0.2) is 0 Å². The summed E-state index contributed by atoms with van der Waals surface area (Å²) in [4.78, 5) is 4.45. The number of methoxy groups -OCH3 is 2. The van der Waals surface area contributed by atoms with Crippen molar-refractivity contribution in [1.82, 2.24) is 4.57 Å². The van der Waals surface area contributed by atoms with E-state index < -0.39 is 0 Å². The molecule has 3 aromatic rings. The molecule has 0 aliphatic carbocycles. The second-order valence-corrected chi connectivity index (χ2v) is 5.53. The smallest absolute Gasteiger partial charge is 0.137 e. The Balaban J connectivity index is 1.76. The zero-order valence-corrected chi connectivity index (χ0v) is 14.2. The van der Waals surface area contributed by atoms with E-state index in [0.717, 1.165) is 22.7 Å². The minimum Gasteiger partial charge on any atom is -0.497 e. The van der Waals surface area contributed by atoms with Gasteiger partial charge >= 0.3 is 0 Å². The zero-order chi connectivity index (χ0) is 16.9. The fourth-order valence-electron chi connectivity index (χ4n) is 2.29. The number of aliphatic imine (C=N–C) groups is 1. The molecule has 0 aliphatic rings. The van der Waals surface area contributed by atoms with Crippen molar-refractivity contribution < 1.29 is 9.47 Å². The van der Waals surface area contributed by atoms with Crippen LogP contribution in [0.25, 0.3) is 5.69 Å². The van der Waals surface area contributed by atoms with Gasteiger partial charge in [0.2, 0.25) is 0 Å². The number of halogens is 1. The Labute approximate surface area is 145 Å². The summed E-state index contributed by atoms with van der Waals surface area (Å²) in [5.74, 6) is 1.48. The van der Waals surface area contributed by atoms with Crippen LogP contribution in [-0.2, 0) is 0 Å². The van der Waals surface area contributed by atoms with Gasteiger partial charge in [0.1, 0.15) is 11.5 Å². The highest BCUT2D eigenvalue weighted by Crippen LogP contribution is 2.28. The van der Waals surface area contributed by atoms with Gasteiger partial charge < -0.3 is 14.0 Å². The second-order valence-electron chi connectivity index (χ2n) is 5.13. The summed E-state index contributed by atoms with van der Waals surface area (Å²) in [5, 5.41) is 0.544. The number of rotatable bonds is 5. The molecule has 0 N–H and O–H groups in total. The van der Waals surface area contributed by atoms with Crippen molar-refractivity contribution in [3.63, 3.8) is 0 Å². The maximum atomic E-state index is 6.11. The van der Waals surface area contributed by atoms with Crippen LogP contribution >= 0.6 is 11.6 Å². The molecular weight excluding hydrogens is 324 g/mol. The van der Waals surface area contributed by atoms with Gasteiger partial charge in [-0.3, -0.25) is 4.99 Å². The fourth-order valence-corrected chi connectivity index (χ4v) is 2.54. The Bertz CT molecular complexity index is 854. The molecule has 0 atom stereocenters. The van der Waals surface area contributed by atoms with Gasteiger partial charge in [-0.15, -0.1) is 0 Å². The molecule has 0 saturated heterocycles. The average Bonchev–Trinajstić information content (AvgIpc) is 3.09. The van der Waals surface area contributed by atoms with Gasteiger partial charge in [0, 0.05) is 29.9 Å². The molecule has 0 spiro atoms. The molecule has 24 heavy (non-hydrogen) atoms. The third-order valence-electron chi connectivity index (χ3n) is 3.58. The van der Waals surface area contributed by atoms with Crippen LogP contribution in [0.3, 0.4) is 0 Å². The van der Waals surface area contributed by atoms with Gasteiger partial charge in [0.15, 0.2) is 0 Å². The molecule has 0 radical (unpaired) electrons. The molecule has 3 rings (SSSR count). The van der Waals surface area contributed by atoms with Gasteiger partial charge in [0.05, 0.1) is 24.9 Å². The molecular formula is C19H17ClN2O2. The summed E-state index contributed by atoms with van der Waals surface area (Å²) in [6.07, 6.45) is 5.80. The van der Waals surface area contributed by atoms with Crippen molar-refractivity contribution in [2.24, 2.45) is 4.99 Å². The third kappa shape index (κ3) is 3.60. The third-order valence-corrected chi connectivity index (χ3v) is 3.88. The highest BCUT2D eigenvalue weighted by atomic mass is 35.5. The van der Waals surface area contributed by atoms with E-state index in [4.69, 9.17) is 21.1 Å². The summed E-state index contributed by atoms with van der Waals surface area (Å²) < 4.78 is 12.3. The Morgan fingerprint density at radius 2 is 1.79 bits per heavy atom. The normalized spacial score (nSPS) is 11.0. The maximum Gasteiger partial charge on any atom is 0.137 e. The highest BCUT2D eigenvalue weighted by molar-refractivity contribution is 6.32. The standard InChI is InChI=1S/C19H17ClN2O2/c1-23-17-6-4-16(5-7-17)22-10-9-14(13-22)12-21-15-3-8-19(24-2)18(20)11-15/h3-13H,1-2H3. The first-order chi connectivity index (χ1) is 11.7. The average molecular weight is 341 g/mol. The van der Waals surface area contributed by atoms with Crippen LogP contribution in [0.4, 0.5) is 5.69 Å². The van der Waals surface area contributed by atoms with Crippen LogP contribution in [-0.4, -0.2) is 25.0 Å². The molecule has 0 saturated carbocycles. The fraction of sp³-hybridized carbons (Fsp3) is 0.105. The van der Waals surface area contributed by atoms with Crippen LogP contribution in [0.1, 0.15) is 5.56 Å². The molecule has 0 bridgehead atoms. The van der Waals surface area contributed by atoms with E-state index in [-0.39, 0.29) is 0 Å². The van der Waals surface area contributed by atoms with E-state index >= 15 is 0 Å². The summed E-state index contributed by atoms with van der Waals surface area (Å²) in [6.45, 7) is 0. The van der Waals surface area contributed by atoms with Crippen molar-refractivity contribution in [1.29, 1.82) is 0 Å². The summed E-state index contributed by atoms with van der Waals surface area (Å²) in [5.41, 5.74) is 2.83. The van der Waals surface area contributed by atoms with Crippen LogP contribution in [0.15, 0.2) is 65.9 Å². The summed E-state index contributed by atoms with van der Waals surface area (Å²) >= 11 is 6.11. The number of aromatic nitrogens is 1. The first-order valence-corrected chi connectivity index (χ1v) is 7.77. The molecule has 2 aromatic carbocycles. The molecule has 4 nitrogen and oxygen atoms in total. The lowest BCUT2D eigenvalue weighted by molar-refractivity contribution is 0.414. The van der Waals surface area contributed by atoms with Crippen LogP contribution in [0.2, 0.25) is 5.02 Å². The van der Waals surface area contributed by atoms with Gasteiger partial charge in [-0.2, -0.15) is 0 Å². The maximum absolute atomic E-state index is 6.11. The minimum atomic E-state index is 0.544. The Kier molecular flexibility index (Phi) is 4.87. The molecule has 0 unspecified atom stereocenters. The van der Waals surface area contributed by atoms with Gasteiger partial charge in [-0.1, -0.05) is 11.6 Å². The number of nitrogens with zero attached hydrogens (tertiary/aromatic N) is 2. The minimum absolute atomic E-state index is 0.544. The largest absolute Gasteiger partial charge is 0.497 e. The highest BCUT2D eigenvalue weighted by Gasteiger charge is 2.01. The Morgan fingerprint density at radius 3 is 2.46 bits per heavy atom. The molecule has 1 aromatic heterocycles. The summed E-state index contributed by atoms with van der Waals surface area (Å²) in [7, 11) is 3.25. The SMILES string of the molecule is COc1ccc(-n2ccc(C=Nc3ccc(OC)c(Cl)c3)c2)cc1. The molecule has 5 heteroatoms. The van der Waals surface area contributed by atoms with Crippen LogP contribution < -0.4 is 9.47 Å². The van der Waals surface area contributed by atoms with E-state index in [1.165, 1.54) is 0 Å². The number of hydrogen-bond acceptors (Lipinski definition) is 3. The second kappa shape index (κ2) is 7.23. The van der Waals surface area contributed by atoms with Crippen molar-refractivity contribution >= 4 is 23.5 Å². The predicted octanol–water partition coefficient (Wildman–Crippen LogP) is 4.90. The molecule has 0 fully saturated rings.